The van der Waals surface area contributed by atoms with Crippen molar-refractivity contribution in [3.05, 3.63) is 0 Å². The van der Waals surface area contributed by atoms with Gasteiger partial charge in [0, 0.05) is 6.04 Å². The molecule has 0 aromatic carbocycles. The molecule has 3 atom stereocenters. The van der Waals surface area contributed by atoms with Crippen LogP contribution in [0.2, 0.25) is 0 Å². The van der Waals surface area contributed by atoms with Crippen LogP contribution < -0.4 is 5.32 Å². The average molecular weight is 252 g/mol. The van der Waals surface area contributed by atoms with E-state index < -0.39 is 0 Å². The van der Waals surface area contributed by atoms with Crippen molar-refractivity contribution >= 4 is 5.91 Å². The smallest absolute Gasteiger partial charge is 0.241 e. The van der Waals surface area contributed by atoms with E-state index in [1.807, 2.05) is 0 Å². The van der Waals surface area contributed by atoms with Gasteiger partial charge in [-0.1, -0.05) is 39.5 Å². The van der Waals surface area contributed by atoms with Crippen molar-refractivity contribution in [1.29, 1.82) is 0 Å². The first-order valence-electron chi connectivity index (χ1n) is 7.75. The lowest BCUT2D eigenvalue weighted by Gasteiger charge is -2.30. The summed E-state index contributed by atoms with van der Waals surface area (Å²) in [7, 11) is 0. The Balaban J connectivity index is 1.95. The van der Waals surface area contributed by atoms with Gasteiger partial charge in [-0.15, -0.1) is 0 Å². The van der Waals surface area contributed by atoms with E-state index in [0.29, 0.717) is 11.9 Å². The molecule has 2 fully saturated rings. The highest BCUT2D eigenvalue weighted by Crippen LogP contribution is 2.35. The van der Waals surface area contributed by atoms with E-state index in [2.05, 4.69) is 31.0 Å². The number of nitrogens with zero attached hydrogens (tertiary/aromatic N) is 1. The molecule has 1 N–H and O–H groups in total. The van der Waals surface area contributed by atoms with Crippen molar-refractivity contribution in [3.8, 4) is 0 Å². The Kier molecular flexibility index (Phi) is 4.66. The molecule has 1 aliphatic heterocycles. The van der Waals surface area contributed by atoms with Gasteiger partial charge in [0.15, 0.2) is 0 Å². The standard InChI is InChI=1S/C15H28N2O/c1-4-6-7-13-15(18)17(14(5-2)16-13)11(3)10-12-8-9-12/h11-14,16H,4-10H2,1-3H3. The summed E-state index contributed by atoms with van der Waals surface area (Å²) in [5.41, 5.74) is 0. The number of carbonyl (C=O) groups excluding carboxylic acids is 1. The van der Waals surface area contributed by atoms with Gasteiger partial charge in [0.2, 0.25) is 5.91 Å². The Morgan fingerprint density at radius 2 is 2.11 bits per heavy atom. The third kappa shape index (κ3) is 3.05. The molecule has 1 aliphatic carbocycles. The zero-order valence-electron chi connectivity index (χ0n) is 12.1. The zero-order chi connectivity index (χ0) is 13.1. The van der Waals surface area contributed by atoms with Gasteiger partial charge >= 0.3 is 0 Å². The van der Waals surface area contributed by atoms with Gasteiger partial charge in [0.25, 0.3) is 0 Å². The summed E-state index contributed by atoms with van der Waals surface area (Å²) in [4.78, 5) is 14.6. The maximum atomic E-state index is 12.5. The lowest BCUT2D eigenvalue weighted by molar-refractivity contribution is -0.132. The average Bonchev–Trinajstić information content (AvgIpc) is 3.10. The van der Waals surface area contributed by atoms with E-state index in [1.165, 1.54) is 25.7 Å². The van der Waals surface area contributed by atoms with Gasteiger partial charge in [-0.2, -0.15) is 0 Å². The molecule has 18 heavy (non-hydrogen) atoms. The van der Waals surface area contributed by atoms with Crippen LogP contribution in [0.15, 0.2) is 0 Å². The second-order valence-corrected chi connectivity index (χ2v) is 6.06. The van der Waals surface area contributed by atoms with E-state index in [0.717, 1.165) is 25.2 Å². The molecule has 1 saturated heterocycles. The fraction of sp³-hybridized carbons (Fsp3) is 0.933. The molecule has 0 radical (unpaired) electrons. The molecule has 104 valence electrons. The van der Waals surface area contributed by atoms with Crippen LogP contribution in [0.25, 0.3) is 0 Å². The Morgan fingerprint density at radius 3 is 2.67 bits per heavy atom. The summed E-state index contributed by atoms with van der Waals surface area (Å²) in [5.74, 6) is 1.24. The number of hydrogen-bond acceptors (Lipinski definition) is 2. The monoisotopic (exact) mass is 252 g/mol. The van der Waals surface area contributed by atoms with Crippen molar-refractivity contribution in [2.75, 3.05) is 0 Å². The van der Waals surface area contributed by atoms with Crippen LogP contribution in [-0.2, 0) is 4.79 Å². The van der Waals surface area contributed by atoms with Crippen LogP contribution in [0.3, 0.4) is 0 Å². The summed E-state index contributed by atoms with van der Waals surface area (Å²) >= 11 is 0. The fourth-order valence-electron chi connectivity index (χ4n) is 3.12. The SMILES string of the molecule is CCCCC1NC(CC)N(C(C)CC2CC2)C1=O. The number of nitrogens with one attached hydrogen (secondary N) is 1. The van der Waals surface area contributed by atoms with E-state index >= 15 is 0 Å². The summed E-state index contributed by atoms with van der Waals surface area (Å²) in [5, 5.41) is 3.53. The lowest BCUT2D eigenvalue weighted by Crippen LogP contribution is -2.43. The summed E-state index contributed by atoms with van der Waals surface area (Å²) < 4.78 is 0. The molecule has 1 heterocycles. The molecule has 3 unspecified atom stereocenters. The molecule has 0 aromatic heterocycles. The lowest BCUT2D eigenvalue weighted by atomic mass is 10.1. The molecule has 3 heteroatoms. The predicted octanol–water partition coefficient (Wildman–Crippen LogP) is 2.90. The van der Waals surface area contributed by atoms with Crippen LogP contribution in [-0.4, -0.2) is 29.1 Å². The third-order valence-corrected chi connectivity index (χ3v) is 4.36. The number of amides is 1. The van der Waals surface area contributed by atoms with Crippen molar-refractivity contribution in [2.24, 2.45) is 5.92 Å². The molecular formula is C15H28N2O. The van der Waals surface area contributed by atoms with Gasteiger partial charge in [-0.05, 0) is 32.1 Å². The molecule has 1 saturated carbocycles. The van der Waals surface area contributed by atoms with Crippen LogP contribution in [0.5, 0.6) is 0 Å². The minimum atomic E-state index is 0.0801. The maximum Gasteiger partial charge on any atom is 0.241 e. The molecule has 3 nitrogen and oxygen atoms in total. The van der Waals surface area contributed by atoms with Gasteiger partial charge in [-0.25, -0.2) is 0 Å². The van der Waals surface area contributed by atoms with Crippen molar-refractivity contribution in [1.82, 2.24) is 10.2 Å². The van der Waals surface area contributed by atoms with Crippen LogP contribution >= 0.6 is 0 Å². The number of carbonyl (C=O) groups is 1. The topological polar surface area (TPSA) is 32.3 Å². The Morgan fingerprint density at radius 1 is 1.39 bits per heavy atom. The zero-order valence-corrected chi connectivity index (χ0v) is 12.1. The Labute approximate surface area is 111 Å². The first kappa shape index (κ1) is 13.9. The summed E-state index contributed by atoms with van der Waals surface area (Å²) in [6.07, 6.45) is 8.54. The van der Waals surface area contributed by atoms with Crippen molar-refractivity contribution in [2.45, 2.75) is 84.0 Å². The minimum absolute atomic E-state index is 0.0801. The highest BCUT2D eigenvalue weighted by Gasteiger charge is 2.40. The molecule has 0 bridgehead atoms. The van der Waals surface area contributed by atoms with E-state index in [-0.39, 0.29) is 12.2 Å². The van der Waals surface area contributed by atoms with Gasteiger partial charge in [-0.3, -0.25) is 10.1 Å². The molecule has 2 rings (SSSR count). The highest BCUT2D eigenvalue weighted by atomic mass is 16.2. The van der Waals surface area contributed by atoms with Crippen molar-refractivity contribution < 1.29 is 4.79 Å². The number of rotatable bonds is 7. The van der Waals surface area contributed by atoms with Crippen LogP contribution in [0, 0.1) is 5.92 Å². The van der Waals surface area contributed by atoms with E-state index in [1.54, 1.807) is 0 Å². The molecule has 0 spiro atoms. The number of hydrogen-bond donors (Lipinski definition) is 1. The third-order valence-electron chi connectivity index (χ3n) is 4.36. The molecule has 2 aliphatic rings. The Hall–Kier alpha value is -0.570. The second kappa shape index (κ2) is 6.05. The second-order valence-electron chi connectivity index (χ2n) is 6.06. The van der Waals surface area contributed by atoms with E-state index in [9.17, 15) is 4.79 Å². The summed E-state index contributed by atoms with van der Waals surface area (Å²) in [6, 6.07) is 0.491. The first-order valence-corrected chi connectivity index (χ1v) is 7.75. The highest BCUT2D eigenvalue weighted by molar-refractivity contribution is 5.84. The van der Waals surface area contributed by atoms with Gasteiger partial charge < -0.3 is 4.90 Å². The molecule has 1 amide bonds. The first-order chi connectivity index (χ1) is 8.67. The van der Waals surface area contributed by atoms with E-state index in [4.69, 9.17) is 0 Å². The fourth-order valence-corrected chi connectivity index (χ4v) is 3.12. The van der Waals surface area contributed by atoms with Gasteiger partial charge in [0.05, 0.1) is 12.2 Å². The van der Waals surface area contributed by atoms with Crippen LogP contribution in [0.4, 0.5) is 0 Å². The van der Waals surface area contributed by atoms with Crippen molar-refractivity contribution in [3.63, 3.8) is 0 Å². The maximum absolute atomic E-state index is 12.5. The minimum Gasteiger partial charge on any atom is -0.323 e. The quantitative estimate of drug-likeness (QED) is 0.755. The van der Waals surface area contributed by atoms with Gasteiger partial charge in [0.1, 0.15) is 0 Å². The predicted molar refractivity (Wildman–Crippen MR) is 74.2 cm³/mol. The normalized spacial score (nSPS) is 29.9. The Bertz CT molecular complexity index is 288. The summed E-state index contributed by atoms with van der Waals surface area (Å²) in [6.45, 7) is 6.58. The molecule has 0 aromatic rings. The largest absolute Gasteiger partial charge is 0.323 e. The number of unbranched alkanes of at least 4 members (excludes halogenated alkanes) is 1. The molecular weight excluding hydrogens is 224 g/mol. The van der Waals surface area contributed by atoms with Crippen LogP contribution in [0.1, 0.15) is 65.7 Å².